The fraction of sp³-hybridized carbons (Fsp3) is 0.389. The summed E-state index contributed by atoms with van der Waals surface area (Å²) >= 11 is 0. The van der Waals surface area contributed by atoms with Crippen molar-refractivity contribution in [2.45, 2.75) is 32.0 Å². The molecule has 1 amide bonds. The van der Waals surface area contributed by atoms with Crippen molar-refractivity contribution in [3.05, 3.63) is 59.7 Å². The molecule has 0 unspecified atom stereocenters. The molecule has 140 valence electrons. The van der Waals surface area contributed by atoms with Crippen molar-refractivity contribution < 1.29 is 23.1 Å². The Balaban J connectivity index is 2.03. The number of aliphatic hydroxyl groups is 1. The van der Waals surface area contributed by atoms with E-state index in [0.29, 0.717) is 18.5 Å². The molecule has 2 heterocycles. The first-order valence-corrected chi connectivity index (χ1v) is 8.19. The average molecular weight is 367 g/mol. The highest BCUT2D eigenvalue weighted by atomic mass is 19.4. The maximum absolute atomic E-state index is 12.6. The van der Waals surface area contributed by atoms with E-state index >= 15 is 0 Å². The predicted octanol–water partition coefficient (Wildman–Crippen LogP) is 3.01. The molecule has 2 aromatic heterocycles. The zero-order valence-electron chi connectivity index (χ0n) is 14.3. The Morgan fingerprint density at radius 1 is 1.27 bits per heavy atom. The van der Waals surface area contributed by atoms with Crippen molar-refractivity contribution in [2.75, 3.05) is 13.1 Å². The van der Waals surface area contributed by atoms with Gasteiger partial charge in [0.2, 0.25) is 5.91 Å². The van der Waals surface area contributed by atoms with Crippen molar-refractivity contribution in [2.24, 2.45) is 0 Å². The van der Waals surface area contributed by atoms with Gasteiger partial charge in [0, 0.05) is 36.4 Å². The minimum Gasteiger partial charge on any atom is -0.386 e. The molecule has 5 nitrogen and oxygen atoms in total. The van der Waals surface area contributed by atoms with Gasteiger partial charge >= 0.3 is 6.18 Å². The lowest BCUT2D eigenvalue weighted by Gasteiger charge is -2.25. The zero-order chi connectivity index (χ0) is 19.2. The summed E-state index contributed by atoms with van der Waals surface area (Å²) < 4.78 is 37.7. The van der Waals surface area contributed by atoms with Gasteiger partial charge in [-0.15, -0.1) is 0 Å². The Kier molecular flexibility index (Phi) is 6.68. The SMILES string of the molecule is CCCN(C[C@@H](O)c1cccnc1)C(=O)Cc1ccc(C(F)(F)F)cn1. The van der Waals surface area contributed by atoms with Crippen LogP contribution in [-0.2, 0) is 17.4 Å². The molecule has 26 heavy (non-hydrogen) atoms. The maximum Gasteiger partial charge on any atom is 0.417 e. The van der Waals surface area contributed by atoms with Crippen molar-refractivity contribution in [1.29, 1.82) is 0 Å². The van der Waals surface area contributed by atoms with Crippen LogP contribution in [0.2, 0.25) is 0 Å². The minimum atomic E-state index is -4.46. The first-order valence-electron chi connectivity index (χ1n) is 8.19. The largest absolute Gasteiger partial charge is 0.417 e. The number of hydrogen-bond acceptors (Lipinski definition) is 4. The second kappa shape index (κ2) is 8.75. The fourth-order valence-corrected chi connectivity index (χ4v) is 2.44. The number of halogens is 3. The molecule has 0 saturated carbocycles. The van der Waals surface area contributed by atoms with Crippen molar-refractivity contribution >= 4 is 5.91 Å². The highest BCUT2D eigenvalue weighted by Gasteiger charge is 2.30. The molecule has 0 radical (unpaired) electrons. The third-order valence-corrected chi connectivity index (χ3v) is 3.79. The Labute approximate surface area is 149 Å². The third kappa shape index (κ3) is 5.52. The van der Waals surface area contributed by atoms with Gasteiger partial charge in [0.15, 0.2) is 0 Å². The van der Waals surface area contributed by atoms with Crippen molar-refractivity contribution in [3.63, 3.8) is 0 Å². The first kappa shape index (κ1) is 19.8. The molecule has 2 rings (SSSR count). The zero-order valence-corrected chi connectivity index (χ0v) is 14.3. The lowest BCUT2D eigenvalue weighted by Crippen LogP contribution is -2.36. The number of hydrogen-bond donors (Lipinski definition) is 1. The molecule has 0 spiro atoms. The van der Waals surface area contributed by atoms with E-state index in [0.717, 1.165) is 12.3 Å². The van der Waals surface area contributed by atoms with E-state index in [-0.39, 0.29) is 24.6 Å². The van der Waals surface area contributed by atoms with Gasteiger partial charge in [0.05, 0.1) is 24.6 Å². The summed E-state index contributed by atoms with van der Waals surface area (Å²) in [7, 11) is 0. The van der Waals surface area contributed by atoms with Crippen LogP contribution in [-0.4, -0.2) is 39.0 Å². The number of amides is 1. The smallest absolute Gasteiger partial charge is 0.386 e. The van der Waals surface area contributed by atoms with Gasteiger partial charge in [-0.2, -0.15) is 13.2 Å². The number of pyridine rings is 2. The summed E-state index contributed by atoms with van der Waals surface area (Å²) in [5, 5.41) is 10.3. The molecule has 0 aliphatic rings. The maximum atomic E-state index is 12.6. The van der Waals surface area contributed by atoms with Crippen molar-refractivity contribution in [3.8, 4) is 0 Å². The van der Waals surface area contributed by atoms with Crippen LogP contribution in [0.5, 0.6) is 0 Å². The van der Waals surface area contributed by atoms with Crippen LogP contribution in [0.3, 0.4) is 0 Å². The second-order valence-corrected chi connectivity index (χ2v) is 5.85. The predicted molar refractivity (Wildman–Crippen MR) is 89.0 cm³/mol. The van der Waals surface area contributed by atoms with Gasteiger partial charge < -0.3 is 10.0 Å². The average Bonchev–Trinajstić information content (AvgIpc) is 2.61. The fourth-order valence-electron chi connectivity index (χ4n) is 2.44. The van der Waals surface area contributed by atoms with Gasteiger partial charge in [-0.25, -0.2) is 0 Å². The highest BCUT2D eigenvalue weighted by molar-refractivity contribution is 5.78. The summed E-state index contributed by atoms with van der Waals surface area (Å²) in [6.07, 6.45) is -0.962. The Morgan fingerprint density at radius 3 is 2.58 bits per heavy atom. The van der Waals surface area contributed by atoms with Crippen LogP contribution < -0.4 is 0 Å². The number of aliphatic hydroxyl groups excluding tert-OH is 1. The molecule has 0 saturated heterocycles. The summed E-state index contributed by atoms with van der Waals surface area (Å²) in [5.41, 5.74) is -0.0138. The summed E-state index contributed by atoms with van der Waals surface area (Å²) in [5.74, 6) is -0.304. The Morgan fingerprint density at radius 2 is 2.04 bits per heavy atom. The van der Waals surface area contributed by atoms with Crippen molar-refractivity contribution in [1.82, 2.24) is 14.9 Å². The van der Waals surface area contributed by atoms with Crippen LogP contribution in [0.4, 0.5) is 13.2 Å². The molecular formula is C18H20F3N3O2. The van der Waals surface area contributed by atoms with Gasteiger partial charge in [-0.3, -0.25) is 14.8 Å². The molecule has 2 aromatic rings. The molecule has 0 aromatic carbocycles. The van der Waals surface area contributed by atoms with E-state index in [9.17, 15) is 23.1 Å². The number of rotatable bonds is 7. The quantitative estimate of drug-likeness (QED) is 0.817. The molecule has 1 N–H and O–H groups in total. The molecule has 8 heteroatoms. The second-order valence-electron chi connectivity index (χ2n) is 5.85. The Hall–Kier alpha value is -2.48. The topological polar surface area (TPSA) is 66.3 Å². The van der Waals surface area contributed by atoms with Gasteiger partial charge in [-0.05, 0) is 24.6 Å². The third-order valence-electron chi connectivity index (χ3n) is 3.79. The summed E-state index contributed by atoms with van der Waals surface area (Å²) in [6.45, 7) is 2.41. The van der Waals surface area contributed by atoms with Gasteiger partial charge in [0.25, 0.3) is 0 Å². The van der Waals surface area contributed by atoms with E-state index in [4.69, 9.17) is 0 Å². The lowest BCUT2D eigenvalue weighted by atomic mass is 10.1. The Bertz CT molecular complexity index is 706. The number of alkyl halides is 3. The number of carbonyl (C=O) groups is 1. The van der Waals surface area contributed by atoms with Gasteiger partial charge in [-0.1, -0.05) is 13.0 Å². The van der Waals surface area contributed by atoms with Crippen LogP contribution in [0, 0.1) is 0 Å². The first-order chi connectivity index (χ1) is 12.3. The normalized spacial score (nSPS) is 12.7. The molecular weight excluding hydrogens is 347 g/mol. The van der Waals surface area contributed by atoms with E-state index in [1.54, 1.807) is 18.3 Å². The number of aromatic nitrogens is 2. The van der Waals surface area contributed by atoms with Crippen LogP contribution in [0.1, 0.15) is 36.3 Å². The van der Waals surface area contributed by atoms with Crippen LogP contribution >= 0.6 is 0 Å². The van der Waals surface area contributed by atoms with Crippen LogP contribution in [0.15, 0.2) is 42.9 Å². The van der Waals surface area contributed by atoms with Crippen LogP contribution in [0.25, 0.3) is 0 Å². The minimum absolute atomic E-state index is 0.0823. The summed E-state index contributed by atoms with van der Waals surface area (Å²) in [6, 6.07) is 5.51. The number of carbonyl (C=O) groups excluding carboxylic acids is 1. The molecule has 0 fully saturated rings. The van der Waals surface area contributed by atoms with Gasteiger partial charge in [0.1, 0.15) is 0 Å². The van der Waals surface area contributed by atoms with E-state index in [2.05, 4.69) is 9.97 Å². The van der Waals surface area contributed by atoms with E-state index in [1.807, 2.05) is 6.92 Å². The highest BCUT2D eigenvalue weighted by Crippen LogP contribution is 2.28. The molecule has 1 atom stereocenters. The summed E-state index contributed by atoms with van der Waals surface area (Å²) in [4.78, 5) is 21.6. The standard InChI is InChI=1S/C18H20F3N3O2/c1-2-8-24(12-16(25)13-4-3-7-22-10-13)17(26)9-15-6-5-14(11-23-15)18(19,20)21/h3-7,10-11,16,25H,2,8-9,12H2,1H3/t16-/m1/s1. The molecule has 0 aliphatic carbocycles. The van der Waals surface area contributed by atoms with E-state index in [1.165, 1.54) is 17.2 Å². The molecule has 0 bridgehead atoms. The van der Waals surface area contributed by atoms with E-state index < -0.39 is 17.8 Å². The monoisotopic (exact) mass is 367 g/mol. The number of nitrogens with zero attached hydrogens (tertiary/aromatic N) is 3. The lowest BCUT2D eigenvalue weighted by molar-refractivity contribution is -0.137. The molecule has 0 aliphatic heterocycles.